The van der Waals surface area contributed by atoms with E-state index in [2.05, 4.69) is 10.1 Å². The summed E-state index contributed by atoms with van der Waals surface area (Å²) in [7, 11) is 1.71. The lowest BCUT2D eigenvalue weighted by atomic mass is 9.86. The number of likely N-dealkylation sites (tertiary alicyclic amines) is 1. The van der Waals surface area contributed by atoms with Gasteiger partial charge in [-0.1, -0.05) is 30.3 Å². The summed E-state index contributed by atoms with van der Waals surface area (Å²) >= 11 is 0. The minimum absolute atomic E-state index is 0.0777. The zero-order valence-corrected chi connectivity index (χ0v) is 13.7. The van der Waals surface area contributed by atoms with E-state index in [-0.39, 0.29) is 19.0 Å². The molecule has 1 aliphatic heterocycles. The van der Waals surface area contributed by atoms with E-state index in [1.165, 1.54) is 11.2 Å². The SMILES string of the molecule is Cn1ncnc1CN1C[C@H](C(=O)C(=O)O)[C@@H](Cc2ccccc2)C1=O. The average molecular weight is 342 g/mol. The Balaban J connectivity index is 1.84. The van der Waals surface area contributed by atoms with Crippen LogP contribution in [-0.2, 0) is 34.4 Å². The van der Waals surface area contributed by atoms with E-state index in [9.17, 15) is 14.4 Å². The number of hydrogen-bond donors (Lipinski definition) is 1. The van der Waals surface area contributed by atoms with Crippen LogP contribution in [0.2, 0.25) is 0 Å². The number of aryl methyl sites for hydroxylation is 1. The summed E-state index contributed by atoms with van der Waals surface area (Å²) < 4.78 is 1.55. The van der Waals surface area contributed by atoms with Crippen LogP contribution in [-0.4, -0.2) is 49.0 Å². The molecule has 1 fully saturated rings. The molecule has 0 saturated carbocycles. The van der Waals surface area contributed by atoms with Crippen molar-refractivity contribution in [3.05, 3.63) is 48.0 Å². The Kier molecular flexibility index (Phi) is 4.60. The fraction of sp³-hybridized carbons (Fsp3) is 0.353. The number of rotatable bonds is 6. The van der Waals surface area contributed by atoms with E-state index < -0.39 is 23.6 Å². The molecule has 1 aromatic heterocycles. The number of carboxylic acid groups (broad SMARTS) is 1. The lowest BCUT2D eigenvalue weighted by Crippen LogP contribution is -2.31. The second-order valence-corrected chi connectivity index (χ2v) is 6.09. The first-order valence-electron chi connectivity index (χ1n) is 7.90. The van der Waals surface area contributed by atoms with Gasteiger partial charge in [-0.05, 0) is 12.0 Å². The monoisotopic (exact) mass is 342 g/mol. The summed E-state index contributed by atoms with van der Waals surface area (Å²) in [4.78, 5) is 41.6. The Labute approximate surface area is 144 Å². The highest BCUT2D eigenvalue weighted by molar-refractivity contribution is 6.34. The molecule has 1 N–H and O–H groups in total. The van der Waals surface area contributed by atoms with Gasteiger partial charge in [0.2, 0.25) is 11.7 Å². The van der Waals surface area contributed by atoms with Crippen LogP contribution in [0.4, 0.5) is 0 Å². The molecule has 0 aliphatic carbocycles. The summed E-state index contributed by atoms with van der Waals surface area (Å²) in [5.74, 6) is -3.62. The molecule has 3 rings (SSSR count). The van der Waals surface area contributed by atoms with Crippen molar-refractivity contribution in [1.29, 1.82) is 0 Å². The fourth-order valence-electron chi connectivity index (χ4n) is 3.16. The number of carbonyl (C=O) groups is 3. The van der Waals surface area contributed by atoms with Gasteiger partial charge >= 0.3 is 5.97 Å². The molecule has 0 bridgehead atoms. The van der Waals surface area contributed by atoms with Crippen LogP contribution in [0.15, 0.2) is 36.7 Å². The van der Waals surface area contributed by atoms with Gasteiger partial charge in [0.05, 0.1) is 18.4 Å². The molecule has 1 amide bonds. The summed E-state index contributed by atoms with van der Waals surface area (Å²) in [5.41, 5.74) is 0.893. The molecular formula is C17H18N4O4. The number of benzene rings is 1. The van der Waals surface area contributed by atoms with Gasteiger partial charge in [-0.3, -0.25) is 14.3 Å². The Morgan fingerprint density at radius 2 is 2.00 bits per heavy atom. The van der Waals surface area contributed by atoms with E-state index in [0.29, 0.717) is 12.2 Å². The third-order valence-corrected chi connectivity index (χ3v) is 4.52. The molecule has 0 unspecified atom stereocenters. The summed E-state index contributed by atoms with van der Waals surface area (Å²) in [6.45, 7) is 0.276. The fourth-order valence-corrected chi connectivity index (χ4v) is 3.16. The van der Waals surface area contributed by atoms with Gasteiger partial charge in [0.25, 0.3) is 0 Å². The van der Waals surface area contributed by atoms with Gasteiger partial charge in [-0.15, -0.1) is 0 Å². The lowest BCUT2D eigenvalue weighted by Gasteiger charge is -2.15. The molecule has 8 heteroatoms. The van der Waals surface area contributed by atoms with Gasteiger partial charge in [-0.25, -0.2) is 9.78 Å². The van der Waals surface area contributed by atoms with Crippen molar-refractivity contribution in [1.82, 2.24) is 19.7 Å². The van der Waals surface area contributed by atoms with Gasteiger partial charge < -0.3 is 10.0 Å². The smallest absolute Gasteiger partial charge is 0.372 e. The van der Waals surface area contributed by atoms with Crippen molar-refractivity contribution in [3.63, 3.8) is 0 Å². The first-order chi connectivity index (χ1) is 12.0. The molecule has 130 valence electrons. The number of hydrogen-bond acceptors (Lipinski definition) is 5. The molecule has 1 aromatic carbocycles. The summed E-state index contributed by atoms with van der Waals surface area (Å²) in [6.07, 6.45) is 1.72. The van der Waals surface area contributed by atoms with Crippen LogP contribution in [0, 0.1) is 11.8 Å². The summed E-state index contributed by atoms with van der Waals surface area (Å²) in [5, 5.41) is 13.1. The van der Waals surface area contributed by atoms with Crippen molar-refractivity contribution in [2.75, 3.05) is 6.54 Å². The zero-order valence-electron chi connectivity index (χ0n) is 13.7. The number of ketones is 1. The Bertz CT molecular complexity index is 802. The quantitative estimate of drug-likeness (QED) is 0.756. The van der Waals surface area contributed by atoms with Crippen molar-refractivity contribution in [3.8, 4) is 0 Å². The maximum atomic E-state index is 12.8. The molecule has 1 aliphatic rings. The van der Waals surface area contributed by atoms with E-state index in [1.54, 1.807) is 11.7 Å². The summed E-state index contributed by atoms with van der Waals surface area (Å²) in [6, 6.07) is 9.28. The molecule has 25 heavy (non-hydrogen) atoms. The highest BCUT2D eigenvalue weighted by Crippen LogP contribution is 2.30. The first kappa shape index (κ1) is 16.8. The maximum absolute atomic E-state index is 12.8. The first-order valence-corrected chi connectivity index (χ1v) is 7.90. The normalized spacial score (nSPS) is 20.0. The highest BCUT2D eigenvalue weighted by atomic mass is 16.4. The molecule has 1 saturated heterocycles. The van der Waals surface area contributed by atoms with E-state index in [0.717, 1.165) is 5.56 Å². The van der Waals surface area contributed by atoms with Crippen molar-refractivity contribution in [2.45, 2.75) is 13.0 Å². The molecule has 2 atom stereocenters. The molecule has 2 heterocycles. The van der Waals surface area contributed by atoms with E-state index in [1.807, 2.05) is 30.3 Å². The third kappa shape index (κ3) is 3.42. The van der Waals surface area contributed by atoms with Gasteiger partial charge in [0, 0.05) is 13.6 Å². The number of nitrogens with zero attached hydrogens (tertiary/aromatic N) is 4. The van der Waals surface area contributed by atoms with Crippen molar-refractivity contribution in [2.24, 2.45) is 18.9 Å². The van der Waals surface area contributed by atoms with Crippen LogP contribution in [0.3, 0.4) is 0 Å². The van der Waals surface area contributed by atoms with Gasteiger partial charge in [-0.2, -0.15) is 5.10 Å². The number of aliphatic carboxylic acids is 1. The number of aromatic nitrogens is 3. The number of amides is 1. The second kappa shape index (κ2) is 6.84. The number of carbonyl (C=O) groups excluding carboxylic acids is 2. The Morgan fingerprint density at radius 1 is 1.28 bits per heavy atom. The predicted molar refractivity (Wildman–Crippen MR) is 86.2 cm³/mol. The largest absolute Gasteiger partial charge is 0.475 e. The molecule has 0 radical (unpaired) electrons. The molecular weight excluding hydrogens is 324 g/mol. The minimum Gasteiger partial charge on any atom is -0.475 e. The standard InChI is InChI=1S/C17H18N4O4/c1-20-14(18-10-19-20)9-21-8-13(15(22)17(24)25)12(16(21)23)7-11-5-3-2-4-6-11/h2-6,10,12-13H,7-9H2,1H3,(H,24,25)/t12-,13+/m1/s1. The highest BCUT2D eigenvalue weighted by Gasteiger charge is 2.46. The van der Waals surface area contributed by atoms with Crippen LogP contribution >= 0.6 is 0 Å². The van der Waals surface area contributed by atoms with E-state index in [4.69, 9.17) is 5.11 Å². The minimum atomic E-state index is -1.50. The second-order valence-electron chi connectivity index (χ2n) is 6.09. The van der Waals surface area contributed by atoms with Crippen molar-refractivity contribution < 1.29 is 19.5 Å². The van der Waals surface area contributed by atoms with Crippen molar-refractivity contribution >= 4 is 17.7 Å². The number of carboxylic acids is 1. The van der Waals surface area contributed by atoms with Gasteiger partial charge in [0.15, 0.2) is 0 Å². The topological polar surface area (TPSA) is 105 Å². The molecule has 8 nitrogen and oxygen atoms in total. The lowest BCUT2D eigenvalue weighted by molar-refractivity contribution is -0.151. The Morgan fingerprint density at radius 3 is 2.60 bits per heavy atom. The average Bonchev–Trinajstić information content (AvgIpc) is 3.13. The van der Waals surface area contributed by atoms with Crippen LogP contribution < -0.4 is 0 Å². The van der Waals surface area contributed by atoms with Crippen LogP contribution in [0.5, 0.6) is 0 Å². The Hall–Kier alpha value is -3.03. The molecule has 2 aromatic rings. The van der Waals surface area contributed by atoms with Crippen LogP contribution in [0.25, 0.3) is 0 Å². The zero-order chi connectivity index (χ0) is 18.0. The predicted octanol–water partition coefficient (Wildman–Crippen LogP) is 0.286. The van der Waals surface area contributed by atoms with E-state index >= 15 is 0 Å². The van der Waals surface area contributed by atoms with Crippen LogP contribution in [0.1, 0.15) is 11.4 Å². The van der Waals surface area contributed by atoms with Gasteiger partial charge in [0.1, 0.15) is 12.2 Å². The third-order valence-electron chi connectivity index (χ3n) is 4.52. The number of Topliss-reactive ketones (excluding diaryl/α,β-unsaturated/α-hetero) is 1. The molecule has 0 spiro atoms. The maximum Gasteiger partial charge on any atom is 0.372 e.